The molecule has 1 aromatic carbocycles. The molecule has 0 spiro atoms. The maximum absolute atomic E-state index is 13.0. The van der Waals surface area contributed by atoms with E-state index in [2.05, 4.69) is 32.1 Å². The van der Waals surface area contributed by atoms with Crippen LogP contribution in [0.5, 0.6) is 5.75 Å². The molecule has 0 atom stereocenters. The molecule has 1 aliphatic rings. The molecule has 1 saturated heterocycles. The summed E-state index contributed by atoms with van der Waals surface area (Å²) in [7, 11) is 2.10. The van der Waals surface area contributed by atoms with Crippen molar-refractivity contribution in [3.8, 4) is 5.75 Å². The number of Topliss-reactive ketones (excluding diaryl/α,β-unsaturated/α-hetero) is 1. The SMILES string of the molecule is CCC(=O)COc1cc2cc(Nc3nc(N4CCN(C)CC4)ncc3Cl)ccc2n(C(C)C)c1=O. The van der Waals surface area contributed by atoms with Gasteiger partial charge in [-0.05, 0) is 45.2 Å². The van der Waals surface area contributed by atoms with Gasteiger partial charge in [0.25, 0.3) is 5.56 Å². The van der Waals surface area contributed by atoms with Crippen molar-refractivity contribution < 1.29 is 9.53 Å². The molecule has 0 bridgehead atoms. The lowest BCUT2D eigenvalue weighted by molar-refractivity contribution is -0.120. The maximum Gasteiger partial charge on any atom is 0.293 e. The molecule has 0 unspecified atom stereocenters. The Labute approximate surface area is 209 Å². The number of rotatable bonds is 8. The van der Waals surface area contributed by atoms with Crippen LogP contribution in [0.15, 0.2) is 35.3 Å². The zero-order chi connectivity index (χ0) is 25.1. The molecule has 1 N–H and O–H groups in total. The van der Waals surface area contributed by atoms with E-state index in [1.54, 1.807) is 23.8 Å². The number of carbonyl (C=O) groups is 1. The number of aromatic nitrogens is 3. The Balaban J connectivity index is 1.66. The van der Waals surface area contributed by atoms with Gasteiger partial charge < -0.3 is 24.4 Å². The number of ketones is 1. The zero-order valence-corrected chi connectivity index (χ0v) is 21.3. The van der Waals surface area contributed by atoms with Crippen LogP contribution in [0.1, 0.15) is 33.2 Å². The Kier molecular flexibility index (Phi) is 7.57. The van der Waals surface area contributed by atoms with E-state index in [1.165, 1.54) is 0 Å². The molecule has 3 heterocycles. The topological polar surface area (TPSA) is 92.6 Å². The number of nitrogens with zero attached hydrogens (tertiary/aromatic N) is 5. The van der Waals surface area contributed by atoms with E-state index in [9.17, 15) is 9.59 Å². The number of carbonyl (C=O) groups excluding carboxylic acids is 1. The van der Waals surface area contributed by atoms with Crippen molar-refractivity contribution >= 4 is 45.7 Å². The first-order valence-electron chi connectivity index (χ1n) is 11.8. The summed E-state index contributed by atoms with van der Waals surface area (Å²) < 4.78 is 7.28. The number of hydrogen-bond acceptors (Lipinski definition) is 8. The van der Waals surface area contributed by atoms with E-state index in [0.29, 0.717) is 23.2 Å². The van der Waals surface area contributed by atoms with Gasteiger partial charge in [-0.2, -0.15) is 4.98 Å². The molecule has 186 valence electrons. The lowest BCUT2D eigenvalue weighted by Crippen LogP contribution is -2.45. The second-order valence-corrected chi connectivity index (χ2v) is 9.42. The summed E-state index contributed by atoms with van der Waals surface area (Å²) in [5.41, 5.74) is 1.27. The summed E-state index contributed by atoms with van der Waals surface area (Å²) in [6.45, 7) is 9.12. The number of piperazine rings is 1. The van der Waals surface area contributed by atoms with Gasteiger partial charge in [-0.25, -0.2) is 4.98 Å². The number of fused-ring (bicyclic) bond motifs is 1. The molecule has 0 amide bonds. The standard InChI is InChI=1S/C25H31ClN6O3/c1-5-19(33)15-35-22-13-17-12-18(6-7-21(17)32(16(2)3)24(22)34)28-23-20(26)14-27-25(29-23)31-10-8-30(4)9-11-31/h6-7,12-14,16H,5,8-11,15H2,1-4H3,(H,27,28,29). The number of halogens is 1. The van der Waals surface area contributed by atoms with Gasteiger partial charge in [-0.1, -0.05) is 18.5 Å². The van der Waals surface area contributed by atoms with Crippen LogP contribution < -0.4 is 20.5 Å². The van der Waals surface area contributed by atoms with Gasteiger partial charge in [0.15, 0.2) is 17.4 Å². The van der Waals surface area contributed by atoms with Crippen LogP contribution in [0.25, 0.3) is 10.9 Å². The largest absolute Gasteiger partial charge is 0.480 e. The van der Waals surface area contributed by atoms with Gasteiger partial charge in [-0.3, -0.25) is 9.59 Å². The second-order valence-electron chi connectivity index (χ2n) is 9.01. The van der Waals surface area contributed by atoms with E-state index in [-0.39, 0.29) is 29.7 Å². The Hall–Kier alpha value is -3.17. The molecule has 35 heavy (non-hydrogen) atoms. The zero-order valence-electron chi connectivity index (χ0n) is 20.5. The summed E-state index contributed by atoms with van der Waals surface area (Å²) in [4.78, 5) is 38.3. The highest BCUT2D eigenvalue weighted by Gasteiger charge is 2.18. The van der Waals surface area contributed by atoms with Crippen LogP contribution in [0.2, 0.25) is 5.02 Å². The third-order valence-electron chi connectivity index (χ3n) is 6.08. The van der Waals surface area contributed by atoms with Crippen molar-refractivity contribution in [1.82, 2.24) is 19.4 Å². The number of benzene rings is 1. The van der Waals surface area contributed by atoms with Gasteiger partial charge in [0.05, 0.1) is 11.7 Å². The van der Waals surface area contributed by atoms with E-state index < -0.39 is 0 Å². The summed E-state index contributed by atoms with van der Waals surface area (Å²) >= 11 is 6.41. The Bertz CT molecular complexity index is 1280. The molecule has 3 aromatic rings. The van der Waals surface area contributed by atoms with Crippen molar-refractivity contribution in [3.63, 3.8) is 0 Å². The molecule has 0 saturated carbocycles. The number of likely N-dealkylation sites (N-methyl/N-ethyl adjacent to an activating group) is 1. The first kappa shape index (κ1) is 24.9. The predicted molar refractivity (Wildman–Crippen MR) is 139 cm³/mol. The Morgan fingerprint density at radius 1 is 1.20 bits per heavy atom. The minimum absolute atomic E-state index is 0.0643. The maximum atomic E-state index is 13.0. The second kappa shape index (κ2) is 10.6. The molecule has 10 heteroatoms. The molecule has 2 aromatic heterocycles. The van der Waals surface area contributed by atoms with E-state index in [0.717, 1.165) is 42.8 Å². The lowest BCUT2D eigenvalue weighted by Gasteiger charge is -2.32. The van der Waals surface area contributed by atoms with Crippen LogP contribution in [-0.4, -0.2) is 65.1 Å². The number of pyridine rings is 1. The van der Waals surface area contributed by atoms with Gasteiger partial charge in [0, 0.05) is 49.7 Å². The predicted octanol–water partition coefficient (Wildman–Crippen LogP) is 3.88. The fourth-order valence-electron chi connectivity index (χ4n) is 4.02. The minimum atomic E-state index is -0.257. The number of ether oxygens (including phenoxy) is 1. The number of hydrogen-bond donors (Lipinski definition) is 1. The molecule has 4 rings (SSSR count). The van der Waals surface area contributed by atoms with Gasteiger partial charge in [0.2, 0.25) is 5.95 Å². The lowest BCUT2D eigenvalue weighted by atomic mass is 10.1. The van der Waals surface area contributed by atoms with Gasteiger partial charge in [-0.15, -0.1) is 0 Å². The van der Waals surface area contributed by atoms with Crippen LogP contribution >= 0.6 is 11.6 Å². The van der Waals surface area contributed by atoms with E-state index in [1.807, 2.05) is 32.0 Å². The normalized spacial score (nSPS) is 14.5. The monoisotopic (exact) mass is 498 g/mol. The third-order valence-corrected chi connectivity index (χ3v) is 6.36. The van der Waals surface area contributed by atoms with Gasteiger partial charge in [0.1, 0.15) is 11.6 Å². The van der Waals surface area contributed by atoms with Crippen molar-refractivity contribution in [2.75, 3.05) is 50.1 Å². The van der Waals surface area contributed by atoms with E-state index >= 15 is 0 Å². The smallest absolute Gasteiger partial charge is 0.293 e. The third kappa shape index (κ3) is 5.57. The number of anilines is 3. The highest BCUT2D eigenvalue weighted by atomic mass is 35.5. The highest BCUT2D eigenvalue weighted by molar-refractivity contribution is 6.32. The Morgan fingerprint density at radius 3 is 2.63 bits per heavy atom. The summed E-state index contributed by atoms with van der Waals surface area (Å²) in [6.07, 6.45) is 1.97. The summed E-state index contributed by atoms with van der Waals surface area (Å²) in [6, 6.07) is 7.28. The summed E-state index contributed by atoms with van der Waals surface area (Å²) in [5.74, 6) is 1.24. The van der Waals surface area contributed by atoms with Crippen LogP contribution in [0, 0.1) is 0 Å². The molecular formula is C25H31ClN6O3. The molecule has 0 radical (unpaired) electrons. The van der Waals surface area contributed by atoms with Crippen molar-refractivity contribution in [2.24, 2.45) is 0 Å². The first-order chi connectivity index (χ1) is 16.8. The van der Waals surface area contributed by atoms with Crippen molar-refractivity contribution in [1.29, 1.82) is 0 Å². The van der Waals surface area contributed by atoms with Crippen LogP contribution in [0.4, 0.5) is 17.5 Å². The molecule has 0 aliphatic carbocycles. The quantitative estimate of drug-likeness (QED) is 0.500. The molecule has 1 aliphatic heterocycles. The van der Waals surface area contributed by atoms with Gasteiger partial charge >= 0.3 is 0 Å². The van der Waals surface area contributed by atoms with Crippen molar-refractivity contribution in [3.05, 3.63) is 45.8 Å². The average molecular weight is 499 g/mol. The summed E-state index contributed by atoms with van der Waals surface area (Å²) in [5, 5.41) is 4.50. The van der Waals surface area contributed by atoms with Crippen molar-refractivity contribution in [2.45, 2.75) is 33.2 Å². The van der Waals surface area contributed by atoms with E-state index in [4.69, 9.17) is 16.3 Å². The Morgan fingerprint density at radius 2 is 1.94 bits per heavy atom. The first-order valence-corrected chi connectivity index (χ1v) is 12.2. The average Bonchev–Trinajstić information content (AvgIpc) is 2.84. The highest BCUT2D eigenvalue weighted by Crippen LogP contribution is 2.29. The molecule has 1 fully saturated rings. The van der Waals surface area contributed by atoms with Crippen LogP contribution in [0.3, 0.4) is 0 Å². The number of nitrogens with one attached hydrogen (secondary N) is 1. The fraction of sp³-hybridized carbons (Fsp3) is 0.440. The van der Waals surface area contributed by atoms with Crippen LogP contribution in [-0.2, 0) is 4.79 Å². The molecule has 9 nitrogen and oxygen atoms in total. The molecular weight excluding hydrogens is 468 g/mol. The minimum Gasteiger partial charge on any atom is -0.480 e. The fourth-order valence-corrected chi connectivity index (χ4v) is 4.15.